The maximum Gasteiger partial charge on any atom is 0.334 e. The summed E-state index contributed by atoms with van der Waals surface area (Å²) in [6, 6.07) is 1.78. The lowest BCUT2D eigenvalue weighted by Gasteiger charge is -2.03. The maximum atomic E-state index is 11.2. The Morgan fingerprint density at radius 2 is 2.30 bits per heavy atom. The van der Waals surface area contributed by atoms with Crippen molar-refractivity contribution in [2.45, 2.75) is 33.2 Å². The first-order chi connectivity index (χ1) is 9.52. The molecule has 8 nitrogen and oxygen atoms in total. The molecule has 2 rings (SSSR count). The van der Waals surface area contributed by atoms with Crippen LogP contribution in [0.2, 0.25) is 0 Å². The molecule has 0 saturated heterocycles. The molecule has 1 N–H and O–H groups in total. The number of nitrogens with one attached hydrogen (secondary N) is 1. The van der Waals surface area contributed by atoms with Crippen molar-refractivity contribution >= 4 is 11.5 Å². The molecule has 20 heavy (non-hydrogen) atoms. The summed E-state index contributed by atoms with van der Waals surface area (Å²) >= 11 is 0. The zero-order valence-corrected chi connectivity index (χ0v) is 11.7. The van der Waals surface area contributed by atoms with Gasteiger partial charge in [0, 0.05) is 13.1 Å². The molecule has 0 spiro atoms. The largest absolute Gasteiger partial charge is 0.359 e. The summed E-state index contributed by atoms with van der Waals surface area (Å²) in [5.41, 5.74) is 1.30. The molecule has 8 heteroatoms. The Morgan fingerprint density at radius 3 is 2.85 bits per heavy atom. The Bertz CT molecular complexity index is 617. The molecule has 0 radical (unpaired) electrons. The summed E-state index contributed by atoms with van der Waals surface area (Å²) in [7, 11) is 1.68. The third-order valence-corrected chi connectivity index (χ3v) is 2.87. The van der Waals surface area contributed by atoms with E-state index in [4.69, 9.17) is 4.52 Å². The van der Waals surface area contributed by atoms with E-state index < -0.39 is 4.92 Å². The average Bonchev–Trinajstić information content (AvgIpc) is 2.91. The summed E-state index contributed by atoms with van der Waals surface area (Å²) in [5.74, 6) is 1.00. The van der Waals surface area contributed by atoms with Crippen molar-refractivity contribution in [2.24, 2.45) is 7.05 Å². The Hall–Kier alpha value is -2.38. The second-order valence-electron chi connectivity index (χ2n) is 4.56. The first-order valence-electron chi connectivity index (χ1n) is 6.39. The molecule has 0 aliphatic rings. The third-order valence-electron chi connectivity index (χ3n) is 2.87. The van der Waals surface area contributed by atoms with Crippen molar-refractivity contribution in [1.29, 1.82) is 0 Å². The van der Waals surface area contributed by atoms with Crippen LogP contribution in [-0.2, 0) is 20.0 Å². The van der Waals surface area contributed by atoms with Gasteiger partial charge in [0.15, 0.2) is 5.76 Å². The number of aryl methyl sites for hydroxylation is 3. The molecule has 0 unspecified atom stereocenters. The lowest BCUT2D eigenvalue weighted by atomic mass is 10.2. The monoisotopic (exact) mass is 279 g/mol. The molecule has 2 aromatic heterocycles. The molecule has 0 fully saturated rings. The van der Waals surface area contributed by atoms with Gasteiger partial charge in [0.25, 0.3) is 0 Å². The van der Waals surface area contributed by atoms with Crippen LogP contribution in [0.3, 0.4) is 0 Å². The van der Waals surface area contributed by atoms with Crippen LogP contribution < -0.4 is 5.32 Å². The molecule has 108 valence electrons. The van der Waals surface area contributed by atoms with Crippen molar-refractivity contribution in [3.05, 3.63) is 33.3 Å². The molecule has 0 amide bonds. The van der Waals surface area contributed by atoms with Crippen LogP contribution in [0.4, 0.5) is 11.5 Å². The molecular weight excluding hydrogens is 262 g/mol. The van der Waals surface area contributed by atoms with E-state index in [0.717, 1.165) is 12.1 Å². The van der Waals surface area contributed by atoms with Crippen LogP contribution in [0.25, 0.3) is 0 Å². The van der Waals surface area contributed by atoms with E-state index in [9.17, 15) is 10.1 Å². The van der Waals surface area contributed by atoms with Crippen LogP contribution >= 0.6 is 0 Å². The zero-order chi connectivity index (χ0) is 14.7. The molecule has 0 bridgehead atoms. The SMILES string of the molecule is CCCc1nn(C)c(NCc2cc(C)no2)c1[N+](=O)[O-]. The highest BCUT2D eigenvalue weighted by Gasteiger charge is 2.26. The number of anilines is 1. The minimum atomic E-state index is -0.397. The fourth-order valence-electron chi connectivity index (χ4n) is 2.03. The quantitative estimate of drug-likeness (QED) is 0.642. The standard InChI is InChI=1S/C12H17N5O3/c1-4-5-10-11(17(18)19)12(16(3)14-10)13-7-9-6-8(2)15-20-9/h6,13H,4-5,7H2,1-3H3. The van der Waals surface area contributed by atoms with E-state index in [1.165, 1.54) is 4.68 Å². The predicted octanol–water partition coefficient (Wildman–Crippen LogP) is 2.19. The van der Waals surface area contributed by atoms with Crippen molar-refractivity contribution in [2.75, 3.05) is 5.32 Å². The minimum Gasteiger partial charge on any atom is -0.359 e. The van der Waals surface area contributed by atoms with E-state index in [-0.39, 0.29) is 5.69 Å². The number of aromatic nitrogens is 3. The van der Waals surface area contributed by atoms with Gasteiger partial charge in [-0.15, -0.1) is 0 Å². The van der Waals surface area contributed by atoms with Gasteiger partial charge in [0.2, 0.25) is 5.82 Å². The lowest BCUT2D eigenvalue weighted by Crippen LogP contribution is -2.06. The fourth-order valence-corrected chi connectivity index (χ4v) is 2.03. The predicted molar refractivity (Wildman–Crippen MR) is 72.4 cm³/mol. The van der Waals surface area contributed by atoms with Crippen LogP contribution in [0, 0.1) is 17.0 Å². The van der Waals surface area contributed by atoms with Gasteiger partial charge in [0.05, 0.1) is 17.2 Å². The summed E-state index contributed by atoms with van der Waals surface area (Å²) in [5, 5.41) is 22.2. The first-order valence-corrected chi connectivity index (χ1v) is 6.39. The van der Waals surface area contributed by atoms with Gasteiger partial charge in [-0.1, -0.05) is 18.5 Å². The zero-order valence-electron chi connectivity index (χ0n) is 11.7. The van der Waals surface area contributed by atoms with Gasteiger partial charge in [-0.25, -0.2) is 4.68 Å². The van der Waals surface area contributed by atoms with Crippen molar-refractivity contribution in [3.8, 4) is 0 Å². The van der Waals surface area contributed by atoms with Gasteiger partial charge < -0.3 is 9.84 Å². The third kappa shape index (κ3) is 2.79. The smallest absolute Gasteiger partial charge is 0.334 e. The van der Waals surface area contributed by atoms with Crippen molar-refractivity contribution in [3.63, 3.8) is 0 Å². The van der Waals surface area contributed by atoms with E-state index in [1.807, 2.05) is 13.8 Å². The highest BCUT2D eigenvalue weighted by Crippen LogP contribution is 2.29. The Morgan fingerprint density at radius 1 is 1.55 bits per heavy atom. The number of hydrogen-bond donors (Lipinski definition) is 1. The summed E-state index contributed by atoms with van der Waals surface area (Å²) in [6.07, 6.45) is 1.38. The van der Waals surface area contributed by atoms with Crippen LogP contribution in [0.15, 0.2) is 10.6 Å². The van der Waals surface area contributed by atoms with Gasteiger partial charge in [-0.3, -0.25) is 10.1 Å². The highest BCUT2D eigenvalue weighted by atomic mass is 16.6. The van der Waals surface area contributed by atoms with Crippen LogP contribution in [0.1, 0.15) is 30.5 Å². The molecule has 0 atom stereocenters. The topological polar surface area (TPSA) is 99.0 Å². The number of hydrogen-bond acceptors (Lipinski definition) is 6. The van der Waals surface area contributed by atoms with E-state index in [2.05, 4.69) is 15.6 Å². The van der Waals surface area contributed by atoms with Crippen molar-refractivity contribution in [1.82, 2.24) is 14.9 Å². The molecule has 2 heterocycles. The molecule has 2 aromatic rings. The van der Waals surface area contributed by atoms with Gasteiger partial charge in [0.1, 0.15) is 5.69 Å². The maximum absolute atomic E-state index is 11.2. The molecular formula is C12H17N5O3. The normalized spacial score (nSPS) is 10.8. The van der Waals surface area contributed by atoms with E-state index in [1.54, 1.807) is 13.1 Å². The number of nitrogens with zero attached hydrogens (tertiary/aromatic N) is 4. The van der Waals surface area contributed by atoms with Crippen LogP contribution in [0.5, 0.6) is 0 Å². The summed E-state index contributed by atoms with van der Waals surface area (Å²) in [4.78, 5) is 10.8. The molecule has 0 saturated carbocycles. The van der Waals surface area contributed by atoms with Crippen molar-refractivity contribution < 1.29 is 9.45 Å². The summed E-state index contributed by atoms with van der Waals surface area (Å²) < 4.78 is 6.56. The first kappa shape index (κ1) is 14.0. The molecule has 0 aliphatic heterocycles. The minimum absolute atomic E-state index is 0.0330. The van der Waals surface area contributed by atoms with Gasteiger partial charge in [-0.05, 0) is 13.3 Å². The van der Waals surface area contributed by atoms with Crippen LogP contribution in [-0.4, -0.2) is 19.9 Å². The second kappa shape index (κ2) is 5.72. The van der Waals surface area contributed by atoms with Gasteiger partial charge in [-0.2, -0.15) is 5.10 Å². The number of rotatable bonds is 6. The average molecular weight is 279 g/mol. The van der Waals surface area contributed by atoms with E-state index >= 15 is 0 Å². The Balaban J connectivity index is 2.23. The lowest BCUT2D eigenvalue weighted by molar-refractivity contribution is -0.384. The Kier molecular flexibility index (Phi) is 4.02. The summed E-state index contributed by atoms with van der Waals surface area (Å²) in [6.45, 7) is 4.11. The van der Waals surface area contributed by atoms with E-state index in [0.29, 0.717) is 30.2 Å². The fraction of sp³-hybridized carbons (Fsp3) is 0.500. The second-order valence-corrected chi connectivity index (χ2v) is 4.56. The molecule has 0 aromatic carbocycles. The number of nitro groups is 1. The molecule has 0 aliphatic carbocycles. The Labute approximate surface area is 115 Å². The van der Waals surface area contributed by atoms with Gasteiger partial charge >= 0.3 is 5.69 Å². The highest BCUT2D eigenvalue weighted by molar-refractivity contribution is 5.59.